The minimum absolute atomic E-state index is 0.154. The summed E-state index contributed by atoms with van der Waals surface area (Å²) in [6, 6.07) is 6.18. The van der Waals surface area contributed by atoms with Gasteiger partial charge in [0.15, 0.2) is 0 Å². The lowest BCUT2D eigenvalue weighted by Gasteiger charge is -2.23. The number of halogens is 2. The molecular formula is C13H19Cl2NO. The number of hydrogen-bond acceptors (Lipinski definition) is 2. The summed E-state index contributed by atoms with van der Waals surface area (Å²) in [4.78, 5) is 0. The van der Waals surface area contributed by atoms with E-state index in [-0.39, 0.29) is 6.04 Å². The predicted octanol–water partition coefficient (Wildman–Crippen LogP) is 4.07. The summed E-state index contributed by atoms with van der Waals surface area (Å²) in [5.41, 5.74) is 1.02. The number of benzene rings is 1. The topological polar surface area (TPSA) is 21.3 Å². The minimum atomic E-state index is 0.154. The van der Waals surface area contributed by atoms with Crippen LogP contribution in [-0.2, 0) is 4.74 Å². The first-order valence-corrected chi connectivity index (χ1v) is 6.54. The highest BCUT2D eigenvalue weighted by atomic mass is 35.5. The molecule has 2 atom stereocenters. The third-order valence-electron chi connectivity index (χ3n) is 2.79. The normalized spacial score (nSPS) is 14.6. The van der Waals surface area contributed by atoms with Gasteiger partial charge >= 0.3 is 0 Å². The molecule has 1 aromatic rings. The van der Waals surface area contributed by atoms with Crippen LogP contribution in [0, 0.1) is 0 Å². The molecule has 0 radical (unpaired) electrons. The van der Waals surface area contributed by atoms with Crippen LogP contribution in [0.1, 0.15) is 31.9 Å². The van der Waals surface area contributed by atoms with E-state index in [4.69, 9.17) is 27.9 Å². The summed E-state index contributed by atoms with van der Waals surface area (Å²) in [5.74, 6) is 0. The van der Waals surface area contributed by atoms with Crippen molar-refractivity contribution in [3.8, 4) is 0 Å². The maximum Gasteiger partial charge on any atom is 0.0639 e. The number of rotatable bonds is 6. The zero-order chi connectivity index (χ0) is 12.8. The molecule has 0 heterocycles. The standard InChI is InChI=1S/C13H19Cl2NO/c1-4-10(8-17-3)16-9(2)11-6-5-7-12(14)13(11)15/h5-7,9-10,16H,4,8H2,1-3H3. The van der Waals surface area contributed by atoms with Crippen molar-refractivity contribution in [1.82, 2.24) is 5.32 Å². The molecule has 0 saturated carbocycles. The molecule has 0 fully saturated rings. The van der Waals surface area contributed by atoms with E-state index in [1.54, 1.807) is 13.2 Å². The molecule has 0 saturated heterocycles. The third kappa shape index (κ3) is 4.14. The zero-order valence-corrected chi connectivity index (χ0v) is 12.0. The average Bonchev–Trinajstić information content (AvgIpc) is 2.31. The van der Waals surface area contributed by atoms with E-state index in [0.717, 1.165) is 12.0 Å². The molecule has 1 N–H and O–H groups in total. The van der Waals surface area contributed by atoms with Gasteiger partial charge in [0.05, 0.1) is 16.7 Å². The second kappa shape index (κ2) is 7.22. The molecule has 96 valence electrons. The van der Waals surface area contributed by atoms with Gasteiger partial charge in [-0.05, 0) is 25.0 Å². The first kappa shape index (κ1) is 14.8. The smallest absolute Gasteiger partial charge is 0.0639 e. The maximum absolute atomic E-state index is 6.19. The first-order chi connectivity index (χ1) is 8.10. The Hall–Kier alpha value is -0.280. The Morgan fingerprint density at radius 1 is 1.35 bits per heavy atom. The van der Waals surface area contributed by atoms with Crippen LogP contribution in [0.4, 0.5) is 0 Å². The maximum atomic E-state index is 6.19. The fourth-order valence-electron chi connectivity index (χ4n) is 1.78. The summed E-state index contributed by atoms with van der Waals surface area (Å²) in [6.07, 6.45) is 1.01. The van der Waals surface area contributed by atoms with E-state index in [1.165, 1.54) is 0 Å². The lowest BCUT2D eigenvalue weighted by atomic mass is 10.1. The quantitative estimate of drug-likeness (QED) is 0.845. The Bertz CT molecular complexity index is 357. The Balaban J connectivity index is 2.75. The Morgan fingerprint density at radius 3 is 2.65 bits per heavy atom. The van der Waals surface area contributed by atoms with E-state index in [1.807, 2.05) is 12.1 Å². The second-order valence-electron chi connectivity index (χ2n) is 4.09. The van der Waals surface area contributed by atoms with Gasteiger partial charge in [0.2, 0.25) is 0 Å². The van der Waals surface area contributed by atoms with E-state index in [0.29, 0.717) is 22.7 Å². The van der Waals surface area contributed by atoms with Crippen molar-refractivity contribution < 1.29 is 4.74 Å². The van der Waals surface area contributed by atoms with Crippen LogP contribution in [0.25, 0.3) is 0 Å². The van der Waals surface area contributed by atoms with Gasteiger partial charge in [-0.1, -0.05) is 42.3 Å². The number of nitrogens with one attached hydrogen (secondary N) is 1. The molecule has 0 amide bonds. The lowest BCUT2D eigenvalue weighted by molar-refractivity contribution is 0.159. The predicted molar refractivity (Wildman–Crippen MR) is 74.0 cm³/mol. The van der Waals surface area contributed by atoms with Gasteiger partial charge < -0.3 is 10.1 Å². The van der Waals surface area contributed by atoms with Crippen LogP contribution in [0.15, 0.2) is 18.2 Å². The molecule has 17 heavy (non-hydrogen) atoms. The number of ether oxygens (including phenoxy) is 1. The monoisotopic (exact) mass is 275 g/mol. The summed E-state index contributed by atoms with van der Waals surface area (Å²) in [7, 11) is 1.71. The van der Waals surface area contributed by atoms with Gasteiger partial charge in [-0.3, -0.25) is 0 Å². The molecule has 0 aliphatic carbocycles. The molecule has 4 heteroatoms. The van der Waals surface area contributed by atoms with Crippen molar-refractivity contribution in [2.45, 2.75) is 32.4 Å². The molecule has 2 nitrogen and oxygen atoms in total. The van der Waals surface area contributed by atoms with Crippen molar-refractivity contribution >= 4 is 23.2 Å². The van der Waals surface area contributed by atoms with Crippen molar-refractivity contribution in [2.75, 3.05) is 13.7 Å². The van der Waals surface area contributed by atoms with Crippen LogP contribution < -0.4 is 5.32 Å². The van der Waals surface area contributed by atoms with Crippen LogP contribution >= 0.6 is 23.2 Å². The summed E-state index contributed by atoms with van der Waals surface area (Å²) >= 11 is 12.2. The fraction of sp³-hybridized carbons (Fsp3) is 0.538. The molecule has 0 aliphatic heterocycles. The molecule has 0 spiro atoms. The SMILES string of the molecule is CCC(COC)NC(C)c1cccc(Cl)c1Cl. The summed E-state index contributed by atoms with van der Waals surface area (Å²) in [6.45, 7) is 4.90. The van der Waals surface area contributed by atoms with Crippen LogP contribution in [0.2, 0.25) is 10.0 Å². The van der Waals surface area contributed by atoms with Crippen molar-refractivity contribution in [3.05, 3.63) is 33.8 Å². The van der Waals surface area contributed by atoms with Gasteiger partial charge in [-0.2, -0.15) is 0 Å². The van der Waals surface area contributed by atoms with Crippen molar-refractivity contribution in [3.63, 3.8) is 0 Å². The minimum Gasteiger partial charge on any atom is -0.383 e. The molecular weight excluding hydrogens is 257 g/mol. The third-order valence-corrected chi connectivity index (χ3v) is 3.63. The molecule has 0 aromatic heterocycles. The van der Waals surface area contributed by atoms with Gasteiger partial charge in [0, 0.05) is 19.2 Å². The summed E-state index contributed by atoms with van der Waals surface area (Å²) < 4.78 is 5.16. The molecule has 2 unspecified atom stereocenters. The molecule has 1 aromatic carbocycles. The zero-order valence-electron chi connectivity index (χ0n) is 10.5. The number of methoxy groups -OCH3 is 1. The van der Waals surface area contributed by atoms with Crippen molar-refractivity contribution in [2.24, 2.45) is 0 Å². The average molecular weight is 276 g/mol. The number of hydrogen-bond donors (Lipinski definition) is 1. The van der Waals surface area contributed by atoms with Crippen LogP contribution in [0.5, 0.6) is 0 Å². The largest absolute Gasteiger partial charge is 0.383 e. The van der Waals surface area contributed by atoms with Crippen LogP contribution in [0.3, 0.4) is 0 Å². The van der Waals surface area contributed by atoms with Gasteiger partial charge in [-0.25, -0.2) is 0 Å². The van der Waals surface area contributed by atoms with Gasteiger partial charge in [0.1, 0.15) is 0 Å². The van der Waals surface area contributed by atoms with Gasteiger partial charge in [0.25, 0.3) is 0 Å². The Labute approximate surface area is 113 Å². The highest BCUT2D eigenvalue weighted by Gasteiger charge is 2.15. The summed E-state index contributed by atoms with van der Waals surface area (Å²) in [5, 5.41) is 4.71. The Kier molecular flexibility index (Phi) is 6.28. The highest BCUT2D eigenvalue weighted by molar-refractivity contribution is 6.42. The van der Waals surface area contributed by atoms with E-state index in [2.05, 4.69) is 19.2 Å². The highest BCUT2D eigenvalue weighted by Crippen LogP contribution is 2.29. The van der Waals surface area contributed by atoms with E-state index < -0.39 is 0 Å². The Morgan fingerprint density at radius 2 is 2.06 bits per heavy atom. The molecule has 0 aliphatic rings. The van der Waals surface area contributed by atoms with Crippen molar-refractivity contribution in [1.29, 1.82) is 0 Å². The second-order valence-corrected chi connectivity index (χ2v) is 4.88. The lowest BCUT2D eigenvalue weighted by Crippen LogP contribution is -2.34. The molecule has 1 rings (SSSR count). The van der Waals surface area contributed by atoms with E-state index >= 15 is 0 Å². The van der Waals surface area contributed by atoms with Crippen LogP contribution in [-0.4, -0.2) is 19.8 Å². The van der Waals surface area contributed by atoms with Gasteiger partial charge in [-0.15, -0.1) is 0 Å². The first-order valence-electron chi connectivity index (χ1n) is 5.79. The van der Waals surface area contributed by atoms with E-state index in [9.17, 15) is 0 Å². The molecule has 0 bridgehead atoms. The fourth-order valence-corrected chi connectivity index (χ4v) is 2.25.